The second kappa shape index (κ2) is 12.0. The zero-order valence-electron chi connectivity index (χ0n) is 22.3. The van der Waals surface area contributed by atoms with E-state index in [0.717, 1.165) is 6.07 Å². The van der Waals surface area contributed by atoms with Crippen molar-refractivity contribution >= 4 is 32.0 Å². The Labute approximate surface area is 224 Å². The number of carbonyl (C=O) groups excluding carboxylic acids is 2. The van der Waals surface area contributed by atoms with Crippen LogP contribution < -0.4 is 5.56 Å². The van der Waals surface area contributed by atoms with Gasteiger partial charge in [0.25, 0.3) is 5.56 Å². The number of carbonyl (C=O) groups is 2. The van der Waals surface area contributed by atoms with Gasteiger partial charge in [0.05, 0.1) is 17.4 Å². The summed E-state index contributed by atoms with van der Waals surface area (Å²) in [5.41, 5.74) is -4.13. The van der Waals surface area contributed by atoms with Gasteiger partial charge in [-0.2, -0.15) is 0 Å². The molecule has 1 aromatic rings. The molecule has 1 aromatic heterocycles. The van der Waals surface area contributed by atoms with Gasteiger partial charge in [-0.15, -0.1) is 0 Å². The number of aliphatic hydroxyl groups excluding tert-OH is 1. The van der Waals surface area contributed by atoms with Gasteiger partial charge in [-0.3, -0.25) is 28.5 Å². The monoisotopic (exact) mass is 582 g/mol. The summed E-state index contributed by atoms with van der Waals surface area (Å²) in [7, 11) is -4.57. The maximum absolute atomic E-state index is 13.2. The minimum atomic E-state index is -4.57. The number of phosphoric acid groups is 1. The van der Waals surface area contributed by atoms with Crippen LogP contribution in [0.15, 0.2) is 17.1 Å². The average Bonchev–Trinajstić information content (AvgIpc) is 3.00. The molecule has 0 radical (unpaired) electrons. The Morgan fingerprint density at radius 1 is 1.11 bits per heavy atom. The number of aromatic nitrogens is 2. The van der Waals surface area contributed by atoms with E-state index in [1.54, 1.807) is 41.5 Å². The fourth-order valence-corrected chi connectivity index (χ4v) is 4.16. The highest BCUT2D eigenvalue weighted by Gasteiger charge is 2.53. The van der Waals surface area contributed by atoms with Gasteiger partial charge in [-0.1, -0.05) is 0 Å². The van der Waals surface area contributed by atoms with E-state index in [-0.39, 0.29) is 4.77 Å². The largest absolute Gasteiger partial charge is 0.480 e. The van der Waals surface area contributed by atoms with Crippen LogP contribution in [0.1, 0.15) is 54.7 Å². The first-order chi connectivity index (χ1) is 17.3. The number of nitrogens with zero attached hydrogens (tertiary/aromatic N) is 1. The zero-order chi connectivity index (χ0) is 29.1. The first-order valence-corrected chi connectivity index (χ1v) is 13.4. The molecule has 0 aliphatic carbocycles. The quantitative estimate of drug-likeness (QED) is 0.158. The number of aromatic amines is 1. The molecule has 1 aliphatic rings. The normalized spacial score (nSPS) is 24.3. The number of aliphatic hydroxyl groups is 2. The van der Waals surface area contributed by atoms with Crippen molar-refractivity contribution in [3.63, 3.8) is 0 Å². The predicted molar refractivity (Wildman–Crippen MR) is 133 cm³/mol. The van der Waals surface area contributed by atoms with Crippen molar-refractivity contribution in [1.82, 2.24) is 9.55 Å². The standard InChI is InChI=1S/C22H35N2O12PS/c1-20(2,3)17(27)31-11-34-37(30,35-12-32-18(28)21(4,5)6)33-10-13-15(26)22(7,29)16(36-13)24-9-8-14(25)23-19(24)38/h8-9,13,15-16,26,29H,10-12H2,1-7H3,(H,23,25,38)/t13-,15?,16-,22-/m1/s1. The smallest absolute Gasteiger partial charge is 0.437 e. The topological polar surface area (TPSA) is 185 Å². The molecule has 3 N–H and O–H groups in total. The van der Waals surface area contributed by atoms with Crippen LogP contribution in [-0.2, 0) is 41.9 Å². The van der Waals surface area contributed by atoms with Crippen LogP contribution in [-0.4, -0.2) is 69.7 Å². The van der Waals surface area contributed by atoms with Crippen LogP contribution in [0.4, 0.5) is 0 Å². The lowest BCUT2D eigenvalue weighted by molar-refractivity contribution is -0.163. The highest BCUT2D eigenvalue weighted by molar-refractivity contribution is 7.71. The van der Waals surface area contributed by atoms with E-state index in [9.17, 15) is 29.2 Å². The number of nitrogens with one attached hydrogen (secondary N) is 1. The molecule has 1 aliphatic heterocycles. The highest BCUT2D eigenvalue weighted by atomic mass is 32.1. The molecule has 38 heavy (non-hydrogen) atoms. The number of phosphoric ester groups is 1. The van der Waals surface area contributed by atoms with Crippen LogP contribution in [0, 0.1) is 15.6 Å². The van der Waals surface area contributed by atoms with Gasteiger partial charge < -0.3 is 24.4 Å². The number of esters is 2. The first kappa shape index (κ1) is 32.2. The Balaban J connectivity index is 2.14. The van der Waals surface area contributed by atoms with Gasteiger partial charge in [-0.25, -0.2) is 13.6 Å². The number of rotatable bonds is 10. The third-order valence-electron chi connectivity index (χ3n) is 5.28. The molecular weight excluding hydrogens is 547 g/mol. The maximum Gasteiger partial charge on any atom is 0.480 e. The number of hydrogen-bond donors (Lipinski definition) is 3. The molecule has 0 saturated carbocycles. The predicted octanol–water partition coefficient (Wildman–Crippen LogP) is 2.17. The lowest BCUT2D eigenvalue weighted by Crippen LogP contribution is -2.44. The fraction of sp³-hybridized carbons (Fsp3) is 0.727. The summed E-state index contributed by atoms with van der Waals surface area (Å²) in [6, 6.07) is 1.15. The minimum Gasteiger partial charge on any atom is -0.437 e. The van der Waals surface area contributed by atoms with Gasteiger partial charge in [0.2, 0.25) is 13.6 Å². The van der Waals surface area contributed by atoms with Gasteiger partial charge in [0.1, 0.15) is 17.8 Å². The Kier molecular flexibility index (Phi) is 10.2. The summed E-state index contributed by atoms with van der Waals surface area (Å²) in [6.07, 6.45) is -2.83. The van der Waals surface area contributed by atoms with Gasteiger partial charge in [0.15, 0.2) is 11.0 Å². The number of ether oxygens (including phenoxy) is 3. The SMILES string of the molecule is CC(C)(C)C(=O)OCOP(=O)(OCOC(=O)C(C)(C)C)OC[C@H]1O[C@@H](n2ccc(=O)[nH]c2=S)[C@](C)(O)C1O. The molecule has 0 amide bonds. The summed E-state index contributed by atoms with van der Waals surface area (Å²) in [5.74, 6) is -1.32. The minimum absolute atomic E-state index is 0.0739. The molecule has 0 aromatic carbocycles. The van der Waals surface area contributed by atoms with E-state index < -0.39 is 80.4 Å². The molecule has 0 spiro atoms. The maximum atomic E-state index is 13.2. The third kappa shape index (κ3) is 8.26. The molecule has 16 heteroatoms. The van der Waals surface area contributed by atoms with E-state index in [1.165, 1.54) is 17.7 Å². The van der Waals surface area contributed by atoms with Crippen molar-refractivity contribution in [3.8, 4) is 0 Å². The van der Waals surface area contributed by atoms with Crippen molar-refractivity contribution in [3.05, 3.63) is 27.4 Å². The number of H-pyrrole nitrogens is 1. The van der Waals surface area contributed by atoms with Gasteiger partial charge in [0, 0.05) is 12.3 Å². The van der Waals surface area contributed by atoms with Crippen LogP contribution in [0.2, 0.25) is 0 Å². The Bertz CT molecular complexity index is 1130. The van der Waals surface area contributed by atoms with Crippen molar-refractivity contribution in [2.75, 3.05) is 20.2 Å². The second-order valence-corrected chi connectivity index (χ2v) is 12.9. The van der Waals surface area contributed by atoms with Crippen LogP contribution >= 0.6 is 20.0 Å². The second-order valence-electron chi connectivity index (χ2n) is 10.8. The summed E-state index contributed by atoms with van der Waals surface area (Å²) in [4.78, 5) is 37.9. The number of hydrogen-bond acceptors (Lipinski definition) is 13. The molecule has 1 saturated heterocycles. The molecule has 4 atom stereocenters. The lowest BCUT2D eigenvalue weighted by atomic mass is 9.96. The highest BCUT2D eigenvalue weighted by Crippen LogP contribution is 2.51. The lowest BCUT2D eigenvalue weighted by Gasteiger charge is -2.28. The average molecular weight is 583 g/mol. The van der Waals surface area contributed by atoms with E-state index in [2.05, 4.69) is 4.98 Å². The molecule has 14 nitrogen and oxygen atoms in total. The summed E-state index contributed by atoms with van der Waals surface area (Å²) in [6.45, 7) is 8.61. The van der Waals surface area contributed by atoms with E-state index in [4.69, 9.17) is 40.0 Å². The molecule has 1 unspecified atom stereocenters. The van der Waals surface area contributed by atoms with Crippen molar-refractivity contribution in [2.45, 2.75) is 72.5 Å². The zero-order valence-corrected chi connectivity index (χ0v) is 24.0. The fourth-order valence-electron chi connectivity index (χ4n) is 2.99. The van der Waals surface area contributed by atoms with Gasteiger partial charge in [-0.05, 0) is 60.7 Å². The molecule has 0 bridgehead atoms. The van der Waals surface area contributed by atoms with E-state index in [1.807, 2.05) is 0 Å². The van der Waals surface area contributed by atoms with Gasteiger partial charge >= 0.3 is 19.8 Å². The van der Waals surface area contributed by atoms with Crippen LogP contribution in [0.25, 0.3) is 0 Å². The van der Waals surface area contributed by atoms with Crippen LogP contribution in [0.3, 0.4) is 0 Å². The summed E-state index contributed by atoms with van der Waals surface area (Å²) >= 11 is 5.11. The molecule has 2 heterocycles. The third-order valence-corrected chi connectivity index (χ3v) is 6.90. The summed E-state index contributed by atoms with van der Waals surface area (Å²) < 4.78 is 45.4. The van der Waals surface area contributed by atoms with Crippen molar-refractivity contribution < 1.29 is 52.1 Å². The molecule has 1 fully saturated rings. The molecule has 2 rings (SSSR count). The molecule has 216 valence electrons. The van der Waals surface area contributed by atoms with Crippen molar-refractivity contribution in [1.29, 1.82) is 0 Å². The van der Waals surface area contributed by atoms with E-state index >= 15 is 0 Å². The summed E-state index contributed by atoms with van der Waals surface area (Å²) in [5, 5.41) is 21.6. The van der Waals surface area contributed by atoms with Crippen LogP contribution in [0.5, 0.6) is 0 Å². The Morgan fingerprint density at radius 3 is 2.05 bits per heavy atom. The van der Waals surface area contributed by atoms with Crippen molar-refractivity contribution in [2.24, 2.45) is 10.8 Å². The Morgan fingerprint density at radius 2 is 1.61 bits per heavy atom. The first-order valence-electron chi connectivity index (χ1n) is 11.5. The van der Waals surface area contributed by atoms with E-state index in [0.29, 0.717) is 0 Å². The molecular formula is C22H35N2O12PS. The Hall–Kier alpha value is -1.97.